The molecule has 108 valence electrons. The first-order valence-corrected chi connectivity index (χ1v) is 7.09. The molecule has 1 aromatic rings. The molecule has 2 aliphatic heterocycles. The lowest BCUT2D eigenvalue weighted by atomic mass is 9.92. The van der Waals surface area contributed by atoms with E-state index >= 15 is 0 Å². The number of carbonyl (C=O) groups is 1. The number of rotatable bonds is 0. The molecule has 1 aromatic heterocycles. The van der Waals surface area contributed by atoms with Crippen LogP contribution in [0.1, 0.15) is 32.8 Å². The van der Waals surface area contributed by atoms with E-state index in [9.17, 15) is 4.79 Å². The molecule has 3 rings (SSSR count). The van der Waals surface area contributed by atoms with E-state index < -0.39 is 11.7 Å². The highest BCUT2D eigenvalue weighted by molar-refractivity contribution is 6.30. The quantitative estimate of drug-likeness (QED) is 0.799. The first-order chi connectivity index (χ1) is 9.30. The molecule has 1 N–H and O–H groups in total. The van der Waals surface area contributed by atoms with E-state index in [2.05, 4.69) is 36.0 Å². The second-order valence-electron chi connectivity index (χ2n) is 6.40. The number of nitrogens with one attached hydrogen (secondary N) is 1. The monoisotopic (exact) mass is 295 g/mol. The van der Waals surface area contributed by atoms with Gasteiger partial charge in [-0.25, -0.2) is 9.78 Å². The number of nitrogens with zero attached hydrogens (tertiary/aromatic N) is 2. The third-order valence-corrected chi connectivity index (χ3v) is 4.24. The van der Waals surface area contributed by atoms with Gasteiger partial charge in [0.1, 0.15) is 5.82 Å². The summed E-state index contributed by atoms with van der Waals surface area (Å²) in [4.78, 5) is 18.3. The molecule has 1 spiro atoms. The van der Waals surface area contributed by atoms with Gasteiger partial charge >= 0.3 is 6.09 Å². The zero-order valence-corrected chi connectivity index (χ0v) is 12.6. The van der Waals surface area contributed by atoms with Gasteiger partial charge in [-0.05, 0) is 26.8 Å². The zero-order valence-electron chi connectivity index (χ0n) is 11.9. The summed E-state index contributed by atoms with van der Waals surface area (Å²) in [5.74, 6) is 0.557. The fourth-order valence-corrected chi connectivity index (χ4v) is 3.06. The van der Waals surface area contributed by atoms with Crippen LogP contribution in [0, 0.1) is 0 Å². The molecule has 0 radical (unpaired) electrons. The third kappa shape index (κ3) is 2.15. The summed E-state index contributed by atoms with van der Waals surface area (Å²) in [6, 6.07) is 1.84. The maximum Gasteiger partial charge on any atom is 0.413 e. The first-order valence-electron chi connectivity index (χ1n) is 6.71. The van der Waals surface area contributed by atoms with Crippen LogP contribution < -0.4 is 5.32 Å². The van der Waals surface area contributed by atoms with E-state index in [0.717, 1.165) is 18.5 Å². The minimum atomic E-state index is -0.636. The van der Waals surface area contributed by atoms with E-state index in [0.29, 0.717) is 17.4 Å². The van der Waals surface area contributed by atoms with Gasteiger partial charge in [-0.3, -0.25) is 10.2 Å². The number of hydrogen-bond acceptors (Lipinski definition) is 4. The van der Waals surface area contributed by atoms with Crippen molar-refractivity contribution in [3.63, 3.8) is 0 Å². The first kappa shape index (κ1) is 13.6. The fraction of sp³-hybridized carbons (Fsp3) is 0.571. The molecule has 0 aromatic carbocycles. The van der Waals surface area contributed by atoms with Gasteiger partial charge in [0.15, 0.2) is 5.60 Å². The van der Waals surface area contributed by atoms with E-state index in [1.807, 2.05) is 6.07 Å². The number of halogens is 1. The van der Waals surface area contributed by atoms with E-state index in [1.165, 1.54) is 6.20 Å². The van der Waals surface area contributed by atoms with Crippen molar-refractivity contribution in [1.29, 1.82) is 0 Å². The van der Waals surface area contributed by atoms with Crippen molar-refractivity contribution in [2.75, 3.05) is 18.4 Å². The number of pyridine rings is 1. The number of aromatic nitrogens is 1. The Morgan fingerprint density at radius 2 is 2.25 bits per heavy atom. The third-order valence-electron chi connectivity index (χ3n) is 4.03. The van der Waals surface area contributed by atoms with Gasteiger partial charge in [0.2, 0.25) is 0 Å². The lowest BCUT2D eigenvalue weighted by Crippen LogP contribution is -2.46. The van der Waals surface area contributed by atoms with Crippen molar-refractivity contribution in [1.82, 2.24) is 9.88 Å². The smallest absolute Gasteiger partial charge is 0.413 e. The minimum Gasteiger partial charge on any atom is -0.436 e. The van der Waals surface area contributed by atoms with Gasteiger partial charge in [-0.1, -0.05) is 11.6 Å². The Labute approximate surface area is 123 Å². The van der Waals surface area contributed by atoms with E-state index in [4.69, 9.17) is 16.3 Å². The predicted molar refractivity (Wildman–Crippen MR) is 77.0 cm³/mol. The highest BCUT2D eigenvalue weighted by Crippen LogP contribution is 2.44. The van der Waals surface area contributed by atoms with E-state index in [-0.39, 0.29) is 5.54 Å². The number of likely N-dealkylation sites (tertiary alicyclic amines) is 1. The van der Waals surface area contributed by atoms with Gasteiger partial charge in [0.25, 0.3) is 0 Å². The summed E-state index contributed by atoms with van der Waals surface area (Å²) in [6.07, 6.45) is 1.85. The van der Waals surface area contributed by atoms with Gasteiger partial charge < -0.3 is 4.74 Å². The van der Waals surface area contributed by atoms with Crippen LogP contribution in [0.25, 0.3) is 0 Å². The Morgan fingerprint density at radius 1 is 1.50 bits per heavy atom. The van der Waals surface area contributed by atoms with Crippen LogP contribution in [-0.2, 0) is 10.3 Å². The molecule has 0 bridgehead atoms. The molecule has 20 heavy (non-hydrogen) atoms. The Bertz CT molecular complexity index is 570. The van der Waals surface area contributed by atoms with Gasteiger partial charge in [0, 0.05) is 36.8 Å². The second kappa shape index (κ2) is 4.33. The number of ether oxygens (including phenoxy) is 1. The maximum atomic E-state index is 11.8. The molecule has 0 aliphatic carbocycles. The number of anilines is 1. The Morgan fingerprint density at radius 3 is 2.90 bits per heavy atom. The predicted octanol–water partition coefficient (Wildman–Crippen LogP) is 3.00. The molecule has 1 amide bonds. The average Bonchev–Trinajstić information content (AvgIpc) is 2.75. The lowest BCUT2D eigenvalue weighted by molar-refractivity contribution is 0.00993. The van der Waals surface area contributed by atoms with Gasteiger partial charge in [-0.15, -0.1) is 0 Å². The molecule has 1 fully saturated rings. The number of hydrogen-bond donors (Lipinski definition) is 1. The van der Waals surface area contributed by atoms with Crippen LogP contribution in [0.2, 0.25) is 5.02 Å². The van der Waals surface area contributed by atoms with Crippen molar-refractivity contribution in [3.05, 3.63) is 22.8 Å². The van der Waals surface area contributed by atoms with Crippen LogP contribution in [0.15, 0.2) is 12.3 Å². The molecular weight excluding hydrogens is 278 g/mol. The standard InChI is InChI=1S/C14H18ClN3O2/c1-13(2,3)18-5-4-14(8-18)10-6-9(15)7-16-11(10)17-12(19)20-14/h6-7H,4-5,8H2,1-3H3,(H,16,17,19). The Kier molecular flexibility index (Phi) is 2.95. The molecule has 3 heterocycles. The Balaban J connectivity index is 2.03. The topological polar surface area (TPSA) is 54.5 Å². The summed E-state index contributed by atoms with van der Waals surface area (Å²) in [7, 11) is 0. The number of carbonyl (C=O) groups excluding carboxylic acids is 1. The molecular formula is C14H18ClN3O2. The largest absolute Gasteiger partial charge is 0.436 e. The van der Waals surface area contributed by atoms with Crippen molar-refractivity contribution in [2.45, 2.75) is 38.3 Å². The van der Waals surface area contributed by atoms with E-state index in [1.54, 1.807) is 0 Å². The average molecular weight is 296 g/mol. The number of fused-ring (bicyclic) bond motifs is 2. The van der Waals surface area contributed by atoms with Crippen LogP contribution in [0.5, 0.6) is 0 Å². The minimum absolute atomic E-state index is 0.0347. The molecule has 5 nitrogen and oxygen atoms in total. The summed E-state index contributed by atoms with van der Waals surface area (Å²) in [5.41, 5.74) is 0.270. The van der Waals surface area contributed by atoms with Gasteiger partial charge in [-0.2, -0.15) is 0 Å². The molecule has 1 atom stereocenters. The molecule has 6 heteroatoms. The van der Waals surface area contributed by atoms with Crippen molar-refractivity contribution >= 4 is 23.5 Å². The normalized spacial score (nSPS) is 26.3. The molecule has 0 saturated carbocycles. The Hall–Kier alpha value is -1.33. The fourth-order valence-electron chi connectivity index (χ4n) is 2.90. The zero-order chi connectivity index (χ0) is 14.5. The second-order valence-corrected chi connectivity index (χ2v) is 6.84. The van der Waals surface area contributed by atoms with Crippen molar-refractivity contribution < 1.29 is 9.53 Å². The number of amides is 1. The summed E-state index contributed by atoms with van der Waals surface area (Å²) in [5, 5.41) is 3.20. The van der Waals surface area contributed by atoms with Crippen LogP contribution in [-0.4, -0.2) is 34.6 Å². The summed E-state index contributed by atoms with van der Waals surface area (Å²) < 4.78 is 5.65. The van der Waals surface area contributed by atoms with Crippen molar-refractivity contribution in [3.8, 4) is 0 Å². The molecule has 1 saturated heterocycles. The highest BCUT2D eigenvalue weighted by Gasteiger charge is 2.49. The highest BCUT2D eigenvalue weighted by atomic mass is 35.5. The van der Waals surface area contributed by atoms with Gasteiger partial charge in [0.05, 0.1) is 5.02 Å². The van der Waals surface area contributed by atoms with Crippen LogP contribution in [0.3, 0.4) is 0 Å². The summed E-state index contributed by atoms with van der Waals surface area (Å²) >= 11 is 6.06. The maximum absolute atomic E-state index is 11.8. The molecule has 1 unspecified atom stereocenters. The SMILES string of the molecule is CC(C)(C)N1CCC2(C1)OC(=O)Nc1ncc(Cl)cc12. The lowest BCUT2D eigenvalue weighted by Gasteiger charge is -2.37. The summed E-state index contributed by atoms with van der Waals surface area (Å²) in [6.45, 7) is 8.02. The molecule has 2 aliphatic rings. The van der Waals surface area contributed by atoms with Crippen molar-refractivity contribution in [2.24, 2.45) is 0 Å². The van der Waals surface area contributed by atoms with Crippen LogP contribution >= 0.6 is 11.6 Å². The van der Waals surface area contributed by atoms with Crippen LogP contribution in [0.4, 0.5) is 10.6 Å².